The van der Waals surface area contributed by atoms with Gasteiger partial charge in [-0.25, -0.2) is 4.79 Å². The highest BCUT2D eigenvalue weighted by Crippen LogP contribution is 2.21. The summed E-state index contributed by atoms with van der Waals surface area (Å²) in [6.07, 6.45) is 1.65. The topological polar surface area (TPSA) is 66.4 Å². The zero-order chi connectivity index (χ0) is 15.1. The van der Waals surface area contributed by atoms with Gasteiger partial charge in [0.25, 0.3) is 0 Å². The molecule has 0 aromatic heterocycles. The molecule has 1 aromatic rings. The molecule has 5 heteroatoms. The SMILES string of the molecule is CCC(Cc1ccccc1Br)C(=O)NC(CC)C(=O)O. The van der Waals surface area contributed by atoms with Crippen molar-refractivity contribution < 1.29 is 14.7 Å². The smallest absolute Gasteiger partial charge is 0.326 e. The van der Waals surface area contributed by atoms with E-state index in [2.05, 4.69) is 21.2 Å². The van der Waals surface area contributed by atoms with Crippen molar-refractivity contribution in [3.8, 4) is 0 Å². The lowest BCUT2D eigenvalue weighted by atomic mass is 9.95. The van der Waals surface area contributed by atoms with E-state index in [4.69, 9.17) is 5.11 Å². The molecular formula is C15H20BrNO3. The molecule has 0 aliphatic carbocycles. The Bertz CT molecular complexity index is 476. The van der Waals surface area contributed by atoms with Crippen LogP contribution in [-0.2, 0) is 16.0 Å². The van der Waals surface area contributed by atoms with Crippen LogP contribution in [-0.4, -0.2) is 23.0 Å². The van der Waals surface area contributed by atoms with Crippen LogP contribution in [0.2, 0.25) is 0 Å². The number of halogens is 1. The maximum atomic E-state index is 12.2. The third-order valence-corrected chi connectivity index (χ3v) is 4.08. The summed E-state index contributed by atoms with van der Waals surface area (Å²) in [5.41, 5.74) is 1.05. The summed E-state index contributed by atoms with van der Waals surface area (Å²) < 4.78 is 0.969. The average molecular weight is 342 g/mol. The molecule has 2 atom stereocenters. The van der Waals surface area contributed by atoms with E-state index >= 15 is 0 Å². The van der Waals surface area contributed by atoms with Gasteiger partial charge in [-0.1, -0.05) is 48.0 Å². The van der Waals surface area contributed by atoms with E-state index in [1.807, 2.05) is 31.2 Å². The van der Waals surface area contributed by atoms with Gasteiger partial charge in [-0.3, -0.25) is 4.79 Å². The van der Waals surface area contributed by atoms with E-state index in [1.165, 1.54) is 0 Å². The number of rotatable bonds is 7. The molecular weight excluding hydrogens is 322 g/mol. The summed E-state index contributed by atoms with van der Waals surface area (Å²) in [6, 6.07) is 6.94. The van der Waals surface area contributed by atoms with Crippen LogP contribution in [0.25, 0.3) is 0 Å². The molecule has 20 heavy (non-hydrogen) atoms. The molecule has 0 aliphatic heterocycles. The van der Waals surface area contributed by atoms with E-state index in [0.29, 0.717) is 19.3 Å². The van der Waals surface area contributed by atoms with Gasteiger partial charge in [-0.15, -0.1) is 0 Å². The van der Waals surface area contributed by atoms with Gasteiger partial charge < -0.3 is 10.4 Å². The molecule has 1 aromatic carbocycles. The van der Waals surface area contributed by atoms with E-state index < -0.39 is 12.0 Å². The molecule has 4 nitrogen and oxygen atoms in total. The fraction of sp³-hybridized carbons (Fsp3) is 0.467. The molecule has 2 N–H and O–H groups in total. The highest BCUT2D eigenvalue weighted by molar-refractivity contribution is 9.10. The minimum Gasteiger partial charge on any atom is -0.480 e. The lowest BCUT2D eigenvalue weighted by Gasteiger charge is -2.19. The van der Waals surface area contributed by atoms with Crippen molar-refractivity contribution in [3.05, 3.63) is 34.3 Å². The lowest BCUT2D eigenvalue weighted by Crippen LogP contribution is -2.43. The number of carboxylic acid groups (broad SMARTS) is 1. The summed E-state index contributed by atoms with van der Waals surface area (Å²) in [6.45, 7) is 3.68. The molecule has 2 unspecified atom stereocenters. The molecule has 0 radical (unpaired) electrons. The second kappa shape index (κ2) is 8.04. The van der Waals surface area contributed by atoms with E-state index in [9.17, 15) is 9.59 Å². The first-order valence-corrected chi connectivity index (χ1v) is 7.55. The van der Waals surface area contributed by atoms with Crippen LogP contribution in [0.4, 0.5) is 0 Å². The number of carbonyl (C=O) groups excluding carboxylic acids is 1. The van der Waals surface area contributed by atoms with Gasteiger partial charge >= 0.3 is 5.97 Å². The van der Waals surface area contributed by atoms with Crippen LogP contribution in [0, 0.1) is 5.92 Å². The highest BCUT2D eigenvalue weighted by atomic mass is 79.9. The van der Waals surface area contributed by atoms with E-state index in [0.717, 1.165) is 10.0 Å². The fourth-order valence-corrected chi connectivity index (χ4v) is 2.43. The summed E-state index contributed by atoms with van der Waals surface area (Å²) in [5, 5.41) is 11.6. The summed E-state index contributed by atoms with van der Waals surface area (Å²) in [4.78, 5) is 23.1. The Balaban J connectivity index is 2.73. The maximum absolute atomic E-state index is 12.2. The summed E-state index contributed by atoms with van der Waals surface area (Å²) in [5.74, 6) is -1.41. The predicted molar refractivity (Wildman–Crippen MR) is 81.5 cm³/mol. The minimum atomic E-state index is -0.989. The van der Waals surface area contributed by atoms with Crippen molar-refractivity contribution in [3.63, 3.8) is 0 Å². The molecule has 110 valence electrons. The average Bonchev–Trinajstić information content (AvgIpc) is 2.43. The standard InChI is InChI=1S/C15H20BrNO3/c1-3-10(9-11-7-5-6-8-12(11)16)14(18)17-13(4-2)15(19)20/h5-8,10,13H,3-4,9H2,1-2H3,(H,17,18)(H,19,20). The Labute approximate surface area is 127 Å². The van der Waals surface area contributed by atoms with Gasteiger partial charge in [0.15, 0.2) is 0 Å². The minimum absolute atomic E-state index is 0.197. The van der Waals surface area contributed by atoms with Gasteiger partial charge in [0, 0.05) is 10.4 Å². The van der Waals surface area contributed by atoms with Crippen molar-refractivity contribution in [1.82, 2.24) is 5.32 Å². The van der Waals surface area contributed by atoms with Gasteiger partial charge in [0.2, 0.25) is 5.91 Å². The Kier molecular flexibility index (Phi) is 6.71. The van der Waals surface area contributed by atoms with Crippen LogP contribution >= 0.6 is 15.9 Å². The molecule has 0 aliphatic rings. The highest BCUT2D eigenvalue weighted by Gasteiger charge is 2.23. The Morgan fingerprint density at radius 3 is 2.40 bits per heavy atom. The first kappa shape index (κ1) is 16.7. The summed E-state index contributed by atoms with van der Waals surface area (Å²) in [7, 11) is 0. The van der Waals surface area contributed by atoms with Gasteiger partial charge in [-0.2, -0.15) is 0 Å². The molecule has 0 fully saturated rings. The number of aliphatic carboxylic acids is 1. The number of hydrogen-bond donors (Lipinski definition) is 2. The van der Waals surface area contributed by atoms with Gasteiger partial charge in [0.1, 0.15) is 6.04 Å². The van der Waals surface area contributed by atoms with Crippen molar-refractivity contribution >= 4 is 27.8 Å². The number of carboxylic acids is 1. The van der Waals surface area contributed by atoms with Crippen LogP contribution < -0.4 is 5.32 Å². The van der Waals surface area contributed by atoms with E-state index in [1.54, 1.807) is 6.92 Å². The van der Waals surface area contributed by atoms with Crippen molar-refractivity contribution in [2.75, 3.05) is 0 Å². The number of hydrogen-bond acceptors (Lipinski definition) is 2. The monoisotopic (exact) mass is 341 g/mol. The molecule has 0 heterocycles. The normalized spacial score (nSPS) is 13.6. The molecule has 0 spiro atoms. The predicted octanol–water partition coefficient (Wildman–Crippen LogP) is 3.00. The summed E-state index contributed by atoms with van der Waals surface area (Å²) >= 11 is 3.47. The molecule has 0 bridgehead atoms. The van der Waals surface area contributed by atoms with Crippen LogP contribution in [0.15, 0.2) is 28.7 Å². The second-order valence-corrected chi connectivity index (χ2v) is 5.56. The zero-order valence-corrected chi connectivity index (χ0v) is 13.3. The number of benzene rings is 1. The zero-order valence-electron chi connectivity index (χ0n) is 11.7. The molecule has 0 saturated heterocycles. The Hall–Kier alpha value is -1.36. The molecule has 0 saturated carbocycles. The van der Waals surface area contributed by atoms with Crippen molar-refractivity contribution in [1.29, 1.82) is 0 Å². The fourth-order valence-electron chi connectivity index (χ4n) is 1.98. The first-order chi connectivity index (χ1) is 9.49. The van der Waals surface area contributed by atoms with Crippen LogP contribution in [0.1, 0.15) is 32.3 Å². The molecule has 1 amide bonds. The Morgan fingerprint density at radius 2 is 1.90 bits per heavy atom. The largest absolute Gasteiger partial charge is 0.480 e. The molecule has 1 rings (SSSR count). The number of nitrogens with one attached hydrogen (secondary N) is 1. The van der Waals surface area contributed by atoms with Crippen molar-refractivity contribution in [2.45, 2.75) is 39.2 Å². The van der Waals surface area contributed by atoms with Crippen molar-refractivity contribution in [2.24, 2.45) is 5.92 Å². The number of amides is 1. The quantitative estimate of drug-likeness (QED) is 0.801. The Morgan fingerprint density at radius 1 is 1.25 bits per heavy atom. The maximum Gasteiger partial charge on any atom is 0.326 e. The first-order valence-electron chi connectivity index (χ1n) is 6.76. The van der Waals surface area contributed by atoms with Crippen LogP contribution in [0.5, 0.6) is 0 Å². The second-order valence-electron chi connectivity index (χ2n) is 4.71. The van der Waals surface area contributed by atoms with Crippen LogP contribution in [0.3, 0.4) is 0 Å². The lowest BCUT2D eigenvalue weighted by molar-refractivity contribution is -0.142. The van der Waals surface area contributed by atoms with Gasteiger partial charge in [-0.05, 0) is 30.9 Å². The number of carbonyl (C=O) groups is 2. The third kappa shape index (κ3) is 4.63. The third-order valence-electron chi connectivity index (χ3n) is 3.31. The van der Waals surface area contributed by atoms with Gasteiger partial charge in [0.05, 0.1) is 0 Å². The van der Waals surface area contributed by atoms with E-state index in [-0.39, 0.29) is 11.8 Å².